The highest BCUT2D eigenvalue weighted by Crippen LogP contribution is 2.29. The number of fused-ring (bicyclic) bond motifs is 2. The van der Waals surface area contributed by atoms with Gasteiger partial charge in [-0.2, -0.15) is 0 Å². The first-order chi connectivity index (χ1) is 18.0. The number of carbonyl (C=O) groups is 3. The Balaban J connectivity index is 1.26. The number of rotatable bonds is 6. The number of sulfone groups is 1. The minimum absolute atomic E-state index is 0.0175. The quantitative estimate of drug-likeness (QED) is 0.540. The molecule has 38 heavy (non-hydrogen) atoms. The number of primary amides is 1. The summed E-state index contributed by atoms with van der Waals surface area (Å²) in [5.41, 5.74) is 5.98. The molecule has 0 aliphatic carbocycles. The topological polar surface area (TPSA) is 136 Å². The largest absolute Gasteiger partial charge is 0.361 e. The van der Waals surface area contributed by atoms with Gasteiger partial charge in [-0.3, -0.25) is 9.59 Å². The number of halogens is 1. The first-order valence-electron chi connectivity index (χ1n) is 12.3. The number of urea groups is 1. The number of nitrogens with zero attached hydrogens (tertiary/aromatic N) is 4. The maximum Gasteiger partial charge on any atom is 0.312 e. The normalized spacial score (nSPS) is 19.1. The highest BCUT2D eigenvalue weighted by Gasteiger charge is 2.41. The molecule has 4 amide bonds. The van der Waals surface area contributed by atoms with Crippen LogP contribution in [0, 0.1) is 0 Å². The van der Waals surface area contributed by atoms with Gasteiger partial charge < -0.3 is 30.7 Å². The molecule has 0 saturated carbocycles. The van der Waals surface area contributed by atoms with Crippen LogP contribution in [-0.4, -0.2) is 97.2 Å². The van der Waals surface area contributed by atoms with Crippen molar-refractivity contribution in [3.05, 3.63) is 53.3 Å². The maximum atomic E-state index is 13.4. The second-order valence-corrected chi connectivity index (χ2v) is 12.4. The summed E-state index contributed by atoms with van der Waals surface area (Å²) in [5.74, 6) is -1.16. The zero-order chi connectivity index (χ0) is 27.2. The molecule has 0 unspecified atom stereocenters. The molecule has 11 nitrogen and oxygen atoms in total. The third-order valence-electron chi connectivity index (χ3n) is 7.23. The molecule has 3 aliphatic rings. The summed E-state index contributed by atoms with van der Waals surface area (Å²) < 4.78 is 26.5. The van der Waals surface area contributed by atoms with E-state index in [0.29, 0.717) is 55.4 Å². The molecule has 13 heteroatoms. The van der Waals surface area contributed by atoms with Gasteiger partial charge in [-0.15, -0.1) is 0 Å². The van der Waals surface area contributed by atoms with E-state index in [2.05, 4.69) is 5.32 Å². The van der Waals surface area contributed by atoms with Gasteiger partial charge in [0.25, 0.3) is 5.91 Å². The fourth-order valence-corrected chi connectivity index (χ4v) is 6.95. The Morgan fingerprint density at radius 1 is 1.11 bits per heavy atom. The van der Waals surface area contributed by atoms with Crippen molar-refractivity contribution < 1.29 is 22.8 Å². The van der Waals surface area contributed by atoms with Crippen molar-refractivity contribution in [3.8, 4) is 0 Å². The Labute approximate surface area is 225 Å². The van der Waals surface area contributed by atoms with E-state index in [4.69, 9.17) is 17.3 Å². The summed E-state index contributed by atoms with van der Waals surface area (Å²) >= 11 is 6.02. The number of nitrogens with one attached hydrogen (secondary N) is 1. The van der Waals surface area contributed by atoms with Crippen LogP contribution in [0.5, 0.6) is 0 Å². The van der Waals surface area contributed by atoms with E-state index in [1.807, 2.05) is 27.9 Å². The van der Waals surface area contributed by atoms with Crippen LogP contribution in [0.2, 0.25) is 5.02 Å². The molecule has 202 valence electrons. The molecule has 0 spiro atoms. The van der Waals surface area contributed by atoms with Crippen LogP contribution in [0.3, 0.4) is 0 Å². The minimum atomic E-state index is -3.95. The van der Waals surface area contributed by atoms with Gasteiger partial charge in [0.1, 0.15) is 11.7 Å². The average molecular weight is 561 g/mol. The van der Waals surface area contributed by atoms with Crippen LogP contribution in [0.15, 0.2) is 53.2 Å². The molecule has 2 fully saturated rings. The zero-order valence-corrected chi connectivity index (χ0v) is 22.4. The lowest BCUT2D eigenvalue weighted by Gasteiger charge is -2.38. The zero-order valence-electron chi connectivity index (χ0n) is 20.8. The summed E-state index contributed by atoms with van der Waals surface area (Å²) in [4.78, 5) is 45.2. The van der Waals surface area contributed by atoms with Crippen LogP contribution >= 0.6 is 11.6 Å². The molecule has 0 radical (unpaired) electrons. The van der Waals surface area contributed by atoms with Crippen molar-refractivity contribution in [2.24, 2.45) is 5.73 Å². The number of hydrogen-bond acceptors (Lipinski definition) is 7. The number of piperidine rings is 1. The molecule has 0 bridgehead atoms. The monoisotopic (exact) mass is 560 g/mol. The molecule has 3 aliphatic heterocycles. The summed E-state index contributed by atoms with van der Waals surface area (Å²) in [6.45, 7) is 1.84. The van der Waals surface area contributed by atoms with Gasteiger partial charge in [-0.05, 0) is 47.9 Å². The molecule has 2 aromatic carbocycles. The van der Waals surface area contributed by atoms with Crippen molar-refractivity contribution in [2.75, 3.05) is 39.2 Å². The Morgan fingerprint density at radius 3 is 2.47 bits per heavy atom. The highest BCUT2D eigenvalue weighted by molar-refractivity contribution is 7.91. The van der Waals surface area contributed by atoms with Gasteiger partial charge in [0.2, 0.25) is 5.91 Å². The molecule has 0 aromatic heterocycles. The molecular formula is C25H29ClN6O5S. The number of carbonyl (C=O) groups excluding carboxylic acids is 3. The molecular weight excluding hydrogens is 532 g/mol. The highest BCUT2D eigenvalue weighted by atomic mass is 35.5. The number of hydrogen-bond donors (Lipinski definition) is 2. The molecule has 2 saturated heterocycles. The number of benzene rings is 2. The van der Waals surface area contributed by atoms with E-state index in [0.717, 1.165) is 5.39 Å². The molecule has 3 N–H and O–H groups in total. The van der Waals surface area contributed by atoms with Crippen LogP contribution in [0.25, 0.3) is 10.8 Å². The second kappa shape index (κ2) is 9.99. The van der Waals surface area contributed by atoms with Gasteiger partial charge in [0, 0.05) is 37.4 Å². The molecule has 1 atom stereocenters. The summed E-state index contributed by atoms with van der Waals surface area (Å²) in [6, 6.07) is 7.39. The summed E-state index contributed by atoms with van der Waals surface area (Å²) in [6.07, 6.45) is 2.95. The van der Waals surface area contributed by atoms with E-state index < -0.39 is 33.6 Å². The number of amides is 4. The van der Waals surface area contributed by atoms with Gasteiger partial charge in [0.15, 0.2) is 9.84 Å². The van der Waals surface area contributed by atoms with Crippen LogP contribution in [-0.2, 0) is 19.4 Å². The van der Waals surface area contributed by atoms with Gasteiger partial charge in [-0.1, -0.05) is 23.7 Å². The van der Waals surface area contributed by atoms with Crippen molar-refractivity contribution in [1.82, 2.24) is 24.9 Å². The number of likely N-dealkylation sites (tertiary alicyclic amines) is 1. The third kappa shape index (κ3) is 5.10. The van der Waals surface area contributed by atoms with Crippen LogP contribution in [0.1, 0.15) is 12.8 Å². The standard InChI is InChI=1S/C25H29ClN6O5S/c1-29-12-22-24(34)32(15-31(22)14-29)19-6-8-30(9-7-19)23(33)21(28-25(27)35)13-38(36,37)20-5-3-16-10-18(26)4-2-17(16)11-20/h2-5,10-12,19,21H,6-9,13-15H2,1H3,(H3,27,28,35)/t21-/m1/s1. The Bertz CT molecular complexity index is 1440. The Morgan fingerprint density at radius 2 is 1.79 bits per heavy atom. The Kier molecular flexibility index (Phi) is 6.86. The molecule has 3 heterocycles. The lowest BCUT2D eigenvalue weighted by Crippen LogP contribution is -2.56. The minimum Gasteiger partial charge on any atom is -0.361 e. The fraction of sp³-hybridized carbons (Fsp3) is 0.400. The van der Waals surface area contributed by atoms with Gasteiger partial charge >= 0.3 is 6.03 Å². The first-order valence-corrected chi connectivity index (χ1v) is 14.3. The van der Waals surface area contributed by atoms with Gasteiger partial charge in [-0.25, -0.2) is 13.2 Å². The predicted octanol–water partition coefficient (Wildman–Crippen LogP) is 1.14. The molecule has 2 aromatic rings. The smallest absolute Gasteiger partial charge is 0.312 e. The lowest BCUT2D eigenvalue weighted by atomic mass is 10.0. The SMILES string of the molecule is CN1C=C2C(=O)N(C3CCN(C(=O)[C@@H](CS(=O)(=O)c4ccc5cc(Cl)ccc5c4)NC(N)=O)CC3)CN2C1. The van der Waals surface area contributed by atoms with Gasteiger partial charge in [0.05, 0.1) is 24.0 Å². The van der Waals surface area contributed by atoms with E-state index in [1.165, 1.54) is 17.0 Å². The van der Waals surface area contributed by atoms with E-state index >= 15 is 0 Å². The van der Waals surface area contributed by atoms with E-state index in [1.54, 1.807) is 24.3 Å². The van der Waals surface area contributed by atoms with Crippen molar-refractivity contribution in [1.29, 1.82) is 0 Å². The third-order valence-corrected chi connectivity index (χ3v) is 9.21. The van der Waals surface area contributed by atoms with Crippen LogP contribution in [0.4, 0.5) is 4.79 Å². The second-order valence-electron chi connectivity index (χ2n) is 9.92. The predicted molar refractivity (Wildman–Crippen MR) is 141 cm³/mol. The summed E-state index contributed by atoms with van der Waals surface area (Å²) in [5, 5.41) is 4.32. The average Bonchev–Trinajstić information content (AvgIpc) is 3.39. The Hall–Kier alpha value is -3.51. The summed E-state index contributed by atoms with van der Waals surface area (Å²) in [7, 11) is -2.04. The van der Waals surface area contributed by atoms with E-state index in [-0.39, 0.29) is 16.8 Å². The number of nitrogens with two attached hydrogens (primary N) is 1. The maximum absolute atomic E-state index is 13.4. The van der Waals surface area contributed by atoms with Crippen molar-refractivity contribution in [2.45, 2.75) is 29.8 Å². The van der Waals surface area contributed by atoms with Crippen LogP contribution < -0.4 is 11.1 Å². The lowest BCUT2D eigenvalue weighted by molar-refractivity contribution is -0.135. The van der Waals surface area contributed by atoms with E-state index in [9.17, 15) is 22.8 Å². The van der Waals surface area contributed by atoms with Crippen molar-refractivity contribution in [3.63, 3.8) is 0 Å². The first kappa shape index (κ1) is 26.1. The molecule has 5 rings (SSSR count). The van der Waals surface area contributed by atoms with Crippen molar-refractivity contribution >= 4 is 50.1 Å². The fourth-order valence-electron chi connectivity index (χ4n) is 5.33.